The molecule has 0 spiro atoms. The molecule has 0 aliphatic carbocycles. The Bertz CT molecular complexity index is 621. The van der Waals surface area contributed by atoms with Gasteiger partial charge in [-0.3, -0.25) is 10.1 Å². The highest BCUT2D eigenvalue weighted by molar-refractivity contribution is 9.10. The Morgan fingerprint density at radius 2 is 2.26 bits per heavy atom. The van der Waals surface area contributed by atoms with Crippen molar-refractivity contribution in [3.05, 3.63) is 45.0 Å². The highest BCUT2D eigenvalue weighted by atomic mass is 79.9. The molecule has 1 heterocycles. The minimum atomic E-state index is -0.485. The van der Waals surface area contributed by atoms with Crippen LogP contribution in [0, 0.1) is 10.1 Å². The van der Waals surface area contributed by atoms with Crippen molar-refractivity contribution >= 4 is 27.6 Å². The SMILES string of the molecule is CNc1ncc(Br)c(Oc2cccc([N+](=O)[O-])c2)n1. The largest absolute Gasteiger partial charge is 0.437 e. The number of rotatable bonds is 4. The van der Waals surface area contributed by atoms with E-state index >= 15 is 0 Å². The van der Waals surface area contributed by atoms with E-state index in [0.29, 0.717) is 16.2 Å². The molecule has 1 aromatic carbocycles. The number of anilines is 1. The van der Waals surface area contributed by atoms with Gasteiger partial charge in [0.1, 0.15) is 5.75 Å². The Kier molecular flexibility index (Phi) is 3.91. The highest BCUT2D eigenvalue weighted by Gasteiger charge is 2.10. The van der Waals surface area contributed by atoms with Gasteiger partial charge in [0.25, 0.3) is 5.69 Å². The van der Waals surface area contributed by atoms with E-state index in [0.717, 1.165) is 0 Å². The fourth-order valence-corrected chi connectivity index (χ4v) is 1.59. The molecule has 8 heteroatoms. The van der Waals surface area contributed by atoms with Gasteiger partial charge < -0.3 is 10.1 Å². The summed E-state index contributed by atoms with van der Waals surface area (Å²) in [4.78, 5) is 18.3. The van der Waals surface area contributed by atoms with Crippen molar-refractivity contribution in [2.24, 2.45) is 0 Å². The van der Waals surface area contributed by atoms with Crippen molar-refractivity contribution in [3.63, 3.8) is 0 Å². The van der Waals surface area contributed by atoms with Crippen LogP contribution in [0.1, 0.15) is 0 Å². The number of nitrogens with zero attached hydrogens (tertiary/aromatic N) is 3. The molecule has 0 atom stereocenters. The first-order valence-corrected chi connectivity index (χ1v) is 6.02. The molecule has 0 amide bonds. The number of ether oxygens (including phenoxy) is 1. The van der Waals surface area contributed by atoms with Crippen molar-refractivity contribution in [2.75, 3.05) is 12.4 Å². The van der Waals surface area contributed by atoms with E-state index in [1.165, 1.54) is 18.3 Å². The van der Waals surface area contributed by atoms with Gasteiger partial charge in [0.15, 0.2) is 0 Å². The average molecular weight is 325 g/mol. The summed E-state index contributed by atoms with van der Waals surface area (Å²) in [6, 6.07) is 5.87. The maximum absolute atomic E-state index is 10.7. The summed E-state index contributed by atoms with van der Waals surface area (Å²) in [5, 5.41) is 13.5. The summed E-state index contributed by atoms with van der Waals surface area (Å²) in [7, 11) is 1.68. The molecule has 0 fully saturated rings. The fourth-order valence-electron chi connectivity index (χ4n) is 1.32. The first-order chi connectivity index (χ1) is 9.10. The van der Waals surface area contributed by atoms with Gasteiger partial charge in [-0.05, 0) is 22.0 Å². The Hall–Kier alpha value is -2.22. The molecule has 0 aliphatic rings. The molecule has 0 unspecified atom stereocenters. The summed E-state index contributed by atoms with van der Waals surface area (Å²) >= 11 is 3.25. The third-order valence-electron chi connectivity index (χ3n) is 2.18. The van der Waals surface area contributed by atoms with Gasteiger partial charge in [-0.2, -0.15) is 4.98 Å². The number of halogens is 1. The maximum Gasteiger partial charge on any atom is 0.273 e. The lowest BCUT2D eigenvalue weighted by Crippen LogP contribution is -1.98. The van der Waals surface area contributed by atoms with Gasteiger partial charge in [-0.25, -0.2) is 4.98 Å². The Morgan fingerprint density at radius 3 is 2.95 bits per heavy atom. The standard InChI is InChI=1S/C11H9BrN4O3/c1-13-11-14-6-9(12)10(15-11)19-8-4-2-3-7(5-8)16(17)18/h2-6H,1H3,(H,13,14,15). The van der Waals surface area contributed by atoms with Crippen molar-refractivity contribution in [3.8, 4) is 11.6 Å². The summed E-state index contributed by atoms with van der Waals surface area (Å²) in [6.45, 7) is 0. The molecule has 2 aromatic rings. The van der Waals surface area contributed by atoms with Crippen LogP contribution in [0.5, 0.6) is 11.6 Å². The lowest BCUT2D eigenvalue weighted by Gasteiger charge is -2.07. The molecule has 1 aromatic heterocycles. The van der Waals surface area contributed by atoms with E-state index in [1.807, 2.05) is 0 Å². The molecule has 1 N–H and O–H groups in total. The molecule has 7 nitrogen and oxygen atoms in total. The van der Waals surface area contributed by atoms with Crippen molar-refractivity contribution in [1.29, 1.82) is 0 Å². The monoisotopic (exact) mass is 324 g/mol. The van der Waals surface area contributed by atoms with E-state index in [1.54, 1.807) is 19.2 Å². The second kappa shape index (κ2) is 5.61. The van der Waals surface area contributed by atoms with Gasteiger partial charge in [0.2, 0.25) is 11.8 Å². The van der Waals surface area contributed by atoms with Gasteiger partial charge in [0.05, 0.1) is 21.7 Å². The number of hydrogen-bond donors (Lipinski definition) is 1. The van der Waals surface area contributed by atoms with Crippen LogP contribution in [0.25, 0.3) is 0 Å². The molecule has 0 bridgehead atoms. The number of nitrogens with one attached hydrogen (secondary N) is 1. The van der Waals surface area contributed by atoms with Gasteiger partial charge in [-0.15, -0.1) is 0 Å². The van der Waals surface area contributed by atoms with Crippen LogP contribution < -0.4 is 10.1 Å². The van der Waals surface area contributed by atoms with Crippen LogP contribution in [0.2, 0.25) is 0 Å². The minimum Gasteiger partial charge on any atom is -0.437 e. The number of benzene rings is 1. The fraction of sp³-hybridized carbons (Fsp3) is 0.0909. The molecule has 2 rings (SSSR count). The second-order valence-electron chi connectivity index (χ2n) is 3.45. The average Bonchev–Trinajstić information content (AvgIpc) is 2.41. The number of nitro groups is 1. The zero-order valence-corrected chi connectivity index (χ0v) is 11.4. The predicted octanol–water partition coefficient (Wildman–Crippen LogP) is 2.98. The molecular formula is C11H9BrN4O3. The normalized spacial score (nSPS) is 10.0. The first kappa shape index (κ1) is 13.2. The van der Waals surface area contributed by atoms with Crippen molar-refractivity contribution in [1.82, 2.24) is 9.97 Å². The molecule has 0 saturated heterocycles. The number of hydrogen-bond acceptors (Lipinski definition) is 6. The summed E-state index contributed by atoms with van der Waals surface area (Å²) in [5.41, 5.74) is -0.0449. The van der Waals surface area contributed by atoms with Crippen molar-refractivity contribution < 1.29 is 9.66 Å². The van der Waals surface area contributed by atoms with Crippen LogP contribution in [-0.4, -0.2) is 21.9 Å². The van der Waals surface area contributed by atoms with Crippen molar-refractivity contribution in [2.45, 2.75) is 0 Å². The van der Waals surface area contributed by atoms with Gasteiger partial charge in [0, 0.05) is 13.1 Å². The Morgan fingerprint density at radius 1 is 1.47 bits per heavy atom. The van der Waals surface area contributed by atoms with Gasteiger partial charge in [-0.1, -0.05) is 6.07 Å². The smallest absolute Gasteiger partial charge is 0.273 e. The highest BCUT2D eigenvalue weighted by Crippen LogP contribution is 2.29. The number of aromatic nitrogens is 2. The van der Waals surface area contributed by atoms with Crippen LogP contribution in [0.4, 0.5) is 11.6 Å². The molecular weight excluding hydrogens is 316 g/mol. The van der Waals surface area contributed by atoms with Crippen LogP contribution in [0.3, 0.4) is 0 Å². The third kappa shape index (κ3) is 3.16. The van der Waals surface area contributed by atoms with Gasteiger partial charge >= 0.3 is 0 Å². The molecule has 19 heavy (non-hydrogen) atoms. The zero-order chi connectivity index (χ0) is 13.8. The predicted molar refractivity (Wildman–Crippen MR) is 72.4 cm³/mol. The Balaban J connectivity index is 2.30. The van der Waals surface area contributed by atoms with Crippen LogP contribution in [-0.2, 0) is 0 Å². The molecule has 0 radical (unpaired) electrons. The van der Waals surface area contributed by atoms with Crippen LogP contribution in [0.15, 0.2) is 34.9 Å². The quantitative estimate of drug-likeness (QED) is 0.686. The number of non-ortho nitro benzene ring substituents is 1. The minimum absolute atomic E-state index is 0.0449. The molecule has 0 saturated carbocycles. The van der Waals surface area contributed by atoms with E-state index in [-0.39, 0.29) is 11.6 Å². The van der Waals surface area contributed by atoms with E-state index < -0.39 is 4.92 Å². The maximum atomic E-state index is 10.7. The molecule has 98 valence electrons. The Labute approximate surface area is 116 Å². The third-order valence-corrected chi connectivity index (χ3v) is 2.72. The first-order valence-electron chi connectivity index (χ1n) is 5.23. The summed E-state index contributed by atoms with van der Waals surface area (Å²) in [6.07, 6.45) is 1.53. The molecule has 0 aliphatic heterocycles. The lowest BCUT2D eigenvalue weighted by molar-refractivity contribution is -0.384. The summed E-state index contributed by atoms with van der Waals surface area (Å²) < 4.78 is 6.05. The summed E-state index contributed by atoms with van der Waals surface area (Å²) in [5.74, 6) is 0.999. The second-order valence-corrected chi connectivity index (χ2v) is 4.31. The lowest BCUT2D eigenvalue weighted by atomic mass is 10.3. The zero-order valence-electron chi connectivity index (χ0n) is 9.83. The van der Waals surface area contributed by atoms with E-state index in [9.17, 15) is 10.1 Å². The van der Waals surface area contributed by atoms with Crippen LogP contribution >= 0.6 is 15.9 Å². The number of nitro benzene ring substituents is 1. The topological polar surface area (TPSA) is 90.2 Å². The van der Waals surface area contributed by atoms with E-state index in [2.05, 4.69) is 31.2 Å². The van der Waals surface area contributed by atoms with E-state index in [4.69, 9.17) is 4.74 Å².